The predicted molar refractivity (Wildman–Crippen MR) is 107 cm³/mol. The molecule has 2 aromatic rings. The van der Waals surface area contributed by atoms with Gasteiger partial charge in [0.1, 0.15) is 17.1 Å². The summed E-state index contributed by atoms with van der Waals surface area (Å²) in [5, 5.41) is 0. The summed E-state index contributed by atoms with van der Waals surface area (Å²) in [5.74, 6) is -0.294. The second kappa shape index (κ2) is 9.28. The average Bonchev–Trinajstić information content (AvgIpc) is 3.03. The summed E-state index contributed by atoms with van der Waals surface area (Å²) in [6.07, 6.45) is -4.19. The SMILES string of the molecule is COc1cccc(OC)c1C(=O)N1CCCN(C(=O)c2ccccc2C(F)(F)F)CC1. The van der Waals surface area contributed by atoms with E-state index in [-0.39, 0.29) is 36.7 Å². The molecule has 2 aromatic carbocycles. The second-order valence-corrected chi connectivity index (χ2v) is 7.02. The number of hydrogen-bond donors (Lipinski definition) is 0. The number of alkyl halides is 3. The van der Waals surface area contributed by atoms with E-state index >= 15 is 0 Å². The van der Waals surface area contributed by atoms with Gasteiger partial charge in [-0.1, -0.05) is 18.2 Å². The molecule has 9 heteroatoms. The van der Waals surface area contributed by atoms with E-state index in [1.165, 1.54) is 37.3 Å². The summed E-state index contributed by atoms with van der Waals surface area (Å²) in [5.41, 5.74) is -1.08. The number of ether oxygens (including phenoxy) is 2. The first-order chi connectivity index (χ1) is 14.8. The van der Waals surface area contributed by atoms with Gasteiger partial charge in [-0.2, -0.15) is 13.2 Å². The van der Waals surface area contributed by atoms with Gasteiger partial charge in [0, 0.05) is 26.2 Å². The number of carbonyl (C=O) groups is 2. The van der Waals surface area contributed by atoms with Crippen LogP contribution < -0.4 is 9.47 Å². The Morgan fingerprint density at radius 1 is 0.806 bits per heavy atom. The molecule has 1 aliphatic heterocycles. The molecule has 1 saturated heterocycles. The summed E-state index contributed by atoms with van der Waals surface area (Å²) in [7, 11) is 2.90. The molecule has 1 aliphatic rings. The minimum Gasteiger partial charge on any atom is -0.496 e. The van der Waals surface area contributed by atoms with E-state index in [2.05, 4.69) is 0 Å². The molecule has 1 heterocycles. The Kier molecular flexibility index (Phi) is 6.72. The maximum atomic E-state index is 13.3. The fourth-order valence-electron chi connectivity index (χ4n) is 3.63. The van der Waals surface area contributed by atoms with Crippen molar-refractivity contribution in [3.63, 3.8) is 0 Å². The van der Waals surface area contributed by atoms with E-state index < -0.39 is 17.6 Å². The van der Waals surface area contributed by atoms with Crippen molar-refractivity contribution in [1.29, 1.82) is 0 Å². The van der Waals surface area contributed by atoms with Crippen molar-refractivity contribution in [2.75, 3.05) is 40.4 Å². The van der Waals surface area contributed by atoms with Gasteiger partial charge in [-0.25, -0.2) is 0 Å². The number of benzene rings is 2. The van der Waals surface area contributed by atoms with Crippen LogP contribution in [-0.4, -0.2) is 62.0 Å². The van der Waals surface area contributed by atoms with Gasteiger partial charge >= 0.3 is 6.18 Å². The third kappa shape index (κ3) is 4.76. The standard InChI is InChI=1S/C22H23F3N2O4/c1-30-17-9-5-10-18(31-2)19(17)21(29)27-12-6-11-26(13-14-27)20(28)15-7-3-4-8-16(15)22(23,24)25/h3-5,7-10H,6,11-14H2,1-2H3. The van der Waals surface area contributed by atoms with Gasteiger partial charge in [-0.3, -0.25) is 9.59 Å². The number of nitrogens with zero attached hydrogens (tertiary/aromatic N) is 2. The van der Waals surface area contributed by atoms with Crippen LogP contribution in [0.3, 0.4) is 0 Å². The first kappa shape index (κ1) is 22.5. The van der Waals surface area contributed by atoms with E-state index in [1.54, 1.807) is 23.1 Å². The summed E-state index contributed by atoms with van der Waals surface area (Å²) in [4.78, 5) is 28.9. The summed E-state index contributed by atoms with van der Waals surface area (Å²) in [6, 6.07) is 9.74. The van der Waals surface area contributed by atoms with Gasteiger partial charge in [0.2, 0.25) is 0 Å². The highest BCUT2D eigenvalue weighted by Crippen LogP contribution is 2.33. The van der Waals surface area contributed by atoms with E-state index in [0.29, 0.717) is 24.5 Å². The molecular formula is C22H23F3N2O4. The zero-order valence-electron chi connectivity index (χ0n) is 17.2. The molecule has 0 atom stereocenters. The van der Waals surface area contributed by atoms with Gasteiger partial charge in [0.05, 0.1) is 25.3 Å². The molecule has 0 N–H and O–H groups in total. The third-order valence-corrected chi connectivity index (χ3v) is 5.17. The molecule has 31 heavy (non-hydrogen) atoms. The Morgan fingerprint density at radius 2 is 1.35 bits per heavy atom. The zero-order valence-corrected chi connectivity index (χ0v) is 17.2. The fourth-order valence-corrected chi connectivity index (χ4v) is 3.63. The van der Waals surface area contributed by atoms with Crippen LogP contribution in [-0.2, 0) is 6.18 Å². The molecule has 3 rings (SSSR count). The summed E-state index contributed by atoms with van der Waals surface area (Å²) >= 11 is 0. The molecular weight excluding hydrogens is 413 g/mol. The smallest absolute Gasteiger partial charge is 0.417 e. The monoisotopic (exact) mass is 436 g/mol. The Hall–Kier alpha value is -3.23. The maximum Gasteiger partial charge on any atom is 0.417 e. The summed E-state index contributed by atoms with van der Waals surface area (Å²) in [6.45, 7) is 0.900. The molecule has 0 bridgehead atoms. The topological polar surface area (TPSA) is 59.1 Å². The largest absolute Gasteiger partial charge is 0.496 e. The zero-order chi connectivity index (χ0) is 22.6. The molecule has 0 saturated carbocycles. The summed E-state index contributed by atoms with van der Waals surface area (Å²) < 4.78 is 50.5. The molecule has 0 aliphatic carbocycles. The van der Waals surface area contributed by atoms with Crippen molar-refractivity contribution in [2.24, 2.45) is 0 Å². The lowest BCUT2D eigenvalue weighted by atomic mass is 10.1. The van der Waals surface area contributed by atoms with Crippen molar-refractivity contribution in [1.82, 2.24) is 9.80 Å². The van der Waals surface area contributed by atoms with Crippen LogP contribution in [0, 0.1) is 0 Å². The van der Waals surface area contributed by atoms with E-state index in [4.69, 9.17) is 9.47 Å². The number of carbonyl (C=O) groups excluding carboxylic acids is 2. The minimum absolute atomic E-state index is 0.119. The van der Waals surface area contributed by atoms with Crippen LogP contribution in [0.4, 0.5) is 13.2 Å². The van der Waals surface area contributed by atoms with E-state index in [0.717, 1.165) is 6.07 Å². The van der Waals surface area contributed by atoms with Crippen LogP contribution in [0.25, 0.3) is 0 Å². The number of hydrogen-bond acceptors (Lipinski definition) is 4. The molecule has 0 aromatic heterocycles. The number of amides is 2. The second-order valence-electron chi connectivity index (χ2n) is 7.02. The van der Waals surface area contributed by atoms with Gasteiger partial charge in [-0.15, -0.1) is 0 Å². The van der Waals surface area contributed by atoms with Gasteiger partial charge < -0.3 is 19.3 Å². The molecule has 0 spiro atoms. The highest BCUT2D eigenvalue weighted by molar-refractivity contribution is 6.00. The molecule has 0 unspecified atom stereocenters. The highest BCUT2D eigenvalue weighted by Gasteiger charge is 2.36. The first-order valence-corrected chi connectivity index (χ1v) is 9.73. The Bertz CT molecular complexity index is 940. The lowest BCUT2D eigenvalue weighted by Crippen LogP contribution is -2.38. The molecule has 6 nitrogen and oxygen atoms in total. The van der Waals surface area contributed by atoms with Crippen molar-refractivity contribution in [3.8, 4) is 11.5 Å². The lowest BCUT2D eigenvalue weighted by Gasteiger charge is -2.24. The van der Waals surface area contributed by atoms with Crippen molar-refractivity contribution in [3.05, 3.63) is 59.2 Å². The number of methoxy groups -OCH3 is 2. The highest BCUT2D eigenvalue weighted by atomic mass is 19.4. The average molecular weight is 436 g/mol. The van der Waals surface area contributed by atoms with Crippen molar-refractivity contribution >= 4 is 11.8 Å². The quantitative estimate of drug-likeness (QED) is 0.733. The number of rotatable bonds is 4. The van der Waals surface area contributed by atoms with E-state index in [1.807, 2.05) is 0 Å². The lowest BCUT2D eigenvalue weighted by molar-refractivity contribution is -0.138. The predicted octanol–water partition coefficient (Wildman–Crippen LogP) is 3.71. The molecule has 166 valence electrons. The van der Waals surface area contributed by atoms with Crippen LogP contribution in [0.2, 0.25) is 0 Å². The van der Waals surface area contributed by atoms with Crippen LogP contribution in [0.1, 0.15) is 32.7 Å². The molecule has 1 fully saturated rings. The normalized spacial score (nSPS) is 14.7. The van der Waals surface area contributed by atoms with E-state index in [9.17, 15) is 22.8 Å². The van der Waals surface area contributed by atoms with Gasteiger partial charge in [-0.05, 0) is 30.7 Å². The van der Waals surface area contributed by atoms with Crippen LogP contribution >= 0.6 is 0 Å². The fraction of sp³-hybridized carbons (Fsp3) is 0.364. The van der Waals surface area contributed by atoms with Gasteiger partial charge in [0.25, 0.3) is 11.8 Å². The van der Waals surface area contributed by atoms with Crippen LogP contribution in [0.5, 0.6) is 11.5 Å². The van der Waals surface area contributed by atoms with Crippen LogP contribution in [0.15, 0.2) is 42.5 Å². The minimum atomic E-state index is -4.62. The first-order valence-electron chi connectivity index (χ1n) is 9.73. The maximum absolute atomic E-state index is 13.3. The molecule has 2 amide bonds. The Morgan fingerprint density at radius 3 is 1.90 bits per heavy atom. The molecule has 0 radical (unpaired) electrons. The Labute approximate surface area is 178 Å². The third-order valence-electron chi connectivity index (χ3n) is 5.17. The number of halogens is 3. The van der Waals surface area contributed by atoms with Crippen molar-refractivity contribution in [2.45, 2.75) is 12.6 Å². The van der Waals surface area contributed by atoms with Gasteiger partial charge in [0.15, 0.2) is 0 Å². The van der Waals surface area contributed by atoms with Crippen molar-refractivity contribution < 1.29 is 32.2 Å². The Balaban J connectivity index is 1.79.